The summed E-state index contributed by atoms with van der Waals surface area (Å²) < 4.78 is 28.0. The molecule has 0 atom stereocenters. The normalized spacial score (nSPS) is 11.8. The Morgan fingerprint density at radius 2 is 1.24 bits per heavy atom. The minimum Gasteiger partial charge on any atom is 0 e. The largest absolute Gasteiger partial charge is 0 e. The number of hydrogen-bond acceptors (Lipinski definition) is 2. The average Bonchev–Trinajstić information content (AvgIpc) is 3.13. The van der Waals surface area contributed by atoms with E-state index in [2.05, 4.69) is 20.0 Å². The Morgan fingerprint density at radius 3 is 1.69 bits per heavy atom. The van der Waals surface area contributed by atoms with E-state index in [9.17, 15) is 4.79 Å². The van der Waals surface area contributed by atoms with E-state index in [1.165, 1.54) is 0 Å². The maximum Gasteiger partial charge on any atom is 0 e. The summed E-state index contributed by atoms with van der Waals surface area (Å²) in [6, 6.07) is 19.5. The van der Waals surface area contributed by atoms with Crippen LogP contribution in [0.3, 0.4) is 0 Å². The second-order valence-corrected chi connectivity index (χ2v) is 5.47. The first kappa shape index (κ1) is 28.9. The number of halogens is 1. The smallest absolute Gasteiger partial charge is 0 e. The summed E-state index contributed by atoms with van der Waals surface area (Å²) >= 11 is 5.79. The molecule has 3 rings (SSSR count). The van der Waals surface area contributed by atoms with Gasteiger partial charge in [-0.3, -0.25) is 4.79 Å². The molecule has 1 aliphatic heterocycles. The predicted octanol–water partition coefficient (Wildman–Crippen LogP) is 4.48. The topological polar surface area (TPSA) is 86.0 Å². The molecule has 1 heterocycles. The Kier molecular flexibility index (Phi) is 17.7. The van der Waals surface area contributed by atoms with Crippen molar-refractivity contribution in [2.75, 3.05) is 5.88 Å². The van der Waals surface area contributed by atoms with Crippen molar-refractivity contribution in [2.24, 2.45) is 0 Å². The SMILES string of the molecule is O=C1OC(CCCCl)=C(c2ccccc2)[C]1c1ccccc1.[C-]#[O+].[C-]#[O+].[C-]#[O+].[Co]. The van der Waals surface area contributed by atoms with Crippen molar-refractivity contribution < 1.29 is 40.3 Å². The summed E-state index contributed by atoms with van der Waals surface area (Å²) in [5.74, 6) is 1.62. The first-order chi connectivity index (χ1) is 13.8. The molecule has 0 unspecified atom stereocenters. The van der Waals surface area contributed by atoms with Crippen molar-refractivity contribution in [1.29, 1.82) is 0 Å². The molecule has 5 nitrogen and oxygen atoms in total. The van der Waals surface area contributed by atoms with E-state index in [0.717, 1.165) is 28.9 Å². The standard InChI is InChI=1S/C19H16ClO2.3CO.Co/c20-13-7-12-16-17(14-8-3-1-4-9-14)18(19(21)22-16)15-10-5-2-6-11-15;3*1-2;/h1-6,8-11H,7,12-13H2;;;;. The molecular weight excluding hydrogens is 439 g/mol. The van der Waals surface area contributed by atoms with Crippen LogP contribution in [0.15, 0.2) is 66.4 Å². The Morgan fingerprint density at radius 1 is 0.793 bits per heavy atom. The number of ether oxygens (including phenoxy) is 1. The van der Waals surface area contributed by atoms with E-state index in [1.807, 2.05) is 60.7 Å². The molecule has 1 aliphatic rings. The van der Waals surface area contributed by atoms with Crippen LogP contribution in [0.5, 0.6) is 0 Å². The van der Waals surface area contributed by atoms with Crippen molar-refractivity contribution in [1.82, 2.24) is 0 Å². The van der Waals surface area contributed by atoms with Crippen molar-refractivity contribution >= 4 is 23.1 Å². The number of cyclic esters (lactones) is 1. The van der Waals surface area contributed by atoms with E-state index in [1.54, 1.807) is 0 Å². The summed E-state index contributed by atoms with van der Waals surface area (Å²) in [5.41, 5.74) is 2.77. The van der Waals surface area contributed by atoms with Crippen LogP contribution in [0.25, 0.3) is 5.57 Å². The molecule has 0 fully saturated rings. The van der Waals surface area contributed by atoms with Gasteiger partial charge in [0.15, 0.2) is 0 Å². The molecule has 0 spiro atoms. The molecule has 150 valence electrons. The van der Waals surface area contributed by atoms with Gasteiger partial charge in [0.1, 0.15) is 11.7 Å². The van der Waals surface area contributed by atoms with Gasteiger partial charge in [0.25, 0.3) is 0 Å². The van der Waals surface area contributed by atoms with Crippen molar-refractivity contribution in [3.8, 4) is 0 Å². The van der Waals surface area contributed by atoms with Gasteiger partial charge in [-0.05, 0) is 17.5 Å². The molecule has 0 saturated heterocycles. The zero-order chi connectivity index (χ0) is 21.4. The average molecular weight is 455 g/mol. The maximum absolute atomic E-state index is 12.4. The van der Waals surface area contributed by atoms with Crippen LogP contribution in [0, 0.1) is 25.9 Å². The number of hydrogen-bond donors (Lipinski definition) is 0. The number of benzene rings is 2. The zero-order valence-corrected chi connectivity index (χ0v) is 16.9. The minimum atomic E-state index is -0.283. The monoisotopic (exact) mass is 454 g/mol. The zero-order valence-electron chi connectivity index (χ0n) is 15.1. The predicted molar refractivity (Wildman–Crippen MR) is 100.0 cm³/mol. The van der Waals surface area contributed by atoms with E-state index >= 15 is 0 Å². The number of carbonyl (C=O) groups excluding carboxylic acids is 1. The second kappa shape index (κ2) is 17.7. The van der Waals surface area contributed by atoms with Gasteiger partial charge in [-0.2, -0.15) is 0 Å². The van der Waals surface area contributed by atoms with Crippen LogP contribution in [-0.2, 0) is 40.3 Å². The van der Waals surface area contributed by atoms with Gasteiger partial charge in [0.2, 0.25) is 0 Å². The maximum atomic E-state index is 12.4. The van der Waals surface area contributed by atoms with Crippen LogP contribution >= 0.6 is 11.6 Å². The van der Waals surface area contributed by atoms with Crippen molar-refractivity contribution in [2.45, 2.75) is 12.8 Å². The van der Waals surface area contributed by atoms with Crippen LogP contribution in [-0.4, -0.2) is 11.8 Å². The molecule has 0 saturated carbocycles. The van der Waals surface area contributed by atoms with Crippen LogP contribution in [0.4, 0.5) is 0 Å². The second-order valence-electron chi connectivity index (χ2n) is 5.09. The summed E-state index contributed by atoms with van der Waals surface area (Å²) in [6.45, 7) is 13.5. The van der Waals surface area contributed by atoms with Gasteiger partial charge in [0, 0.05) is 34.7 Å². The number of esters is 1. The molecule has 0 aliphatic carbocycles. The van der Waals surface area contributed by atoms with Crippen LogP contribution in [0.2, 0.25) is 0 Å². The third kappa shape index (κ3) is 8.28. The molecule has 2 aromatic rings. The Labute approximate surface area is 185 Å². The van der Waals surface area contributed by atoms with Crippen LogP contribution in [0.1, 0.15) is 24.0 Å². The molecular formula is C22H16ClCoO5. The van der Waals surface area contributed by atoms with Gasteiger partial charge in [-0.1, -0.05) is 60.7 Å². The molecule has 0 aromatic heterocycles. The number of allylic oxidation sites excluding steroid dienone is 1. The van der Waals surface area contributed by atoms with Gasteiger partial charge < -0.3 is 4.74 Å². The molecule has 0 bridgehead atoms. The van der Waals surface area contributed by atoms with Gasteiger partial charge in [0.05, 0.1) is 0 Å². The van der Waals surface area contributed by atoms with E-state index < -0.39 is 0 Å². The minimum absolute atomic E-state index is 0. The molecule has 0 N–H and O–H groups in total. The quantitative estimate of drug-likeness (QED) is 0.289. The van der Waals surface area contributed by atoms with E-state index in [4.69, 9.17) is 30.3 Å². The molecule has 0 amide bonds. The summed E-state index contributed by atoms with van der Waals surface area (Å²) in [6.07, 6.45) is 1.44. The van der Waals surface area contributed by atoms with Crippen molar-refractivity contribution in [3.05, 3.63) is 103 Å². The first-order valence-electron chi connectivity index (χ1n) is 7.92. The summed E-state index contributed by atoms with van der Waals surface area (Å²) in [7, 11) is 0. The third-order valence-electron chi connectivity index (χ3n) is 3.61. The summed E-state index contributed by atoms with van der Waals surface area (Å²) in [4.78, 5) is 12.4. The van der Waals surface area contributed by atoms with Gasteiger partial charge >= 0.3 is 39.9 Å². The number of carbonyl (C=O) groups is 1. The fourth-order valence-corrected chi connectivity index (χ4v) is 2.77. The Bertz CT molecular complexity index is 799. The molecule has 2 radical (unpaired) electrons. The molecule has 7 heteroatoms. The first-order valence-corrected chi connectivity index (χ1v) is 8.45. The van der Waals surface area contributed by atoms with Gasteiger partial charge in [-0.25, -0.2) is 0 Å². The number of rotatable bonds is 5. The molecule has 2 aromatic carbocycles. The van der Waals surface area contributed by atoms with Gasteiger partial charge in [-0.15, -0.1) is 11.6 Å². The summed E-state index contributed by atoms with van der Waals surface area (Å²) in [5, 5.41) is 0. The Hall–Kier alpha value is -2.33. The van der Waals surface area contributed by atoms with E-state index in [0.29, 0.717) is 18.2 Å². The van der Waals surface area contributed by atoms with Crippen molar-refractivity contribution in [3.63, 3.8) is 0 Å². The fraction of sp³-hybridized carbons (Fsp3) is 0.136. The fourth-order valence-electron chi connectivity index (χ4n) is 2.64. The third-order valence-corrected chi connectivity index (χ3v) is 3.88. The van der Waals surface area contributed by atoms with Crippen LogP contribution < -0.4 is 0 Å². The number of alkyl halides is 1. The van der Waals surface area contributed by atoms with E-state index in [-0.39, 0.29) is 22.7 Å². The molecule has 29 heavy (non-hydrogen) atoms. The Balaban J connectivity index is 0.